The van der Waals surface area contributed by atoms with Crippen LogP contribution >= 0.6 is 0 Å². The highest BCUT2D eigenvalue weighted by molar-refractivity contribution is 5.84. The van der Waals surface area contributed by atoms with E-state index in [1.807, 2.05) is 0 Å². The number of anilines is 2. The van der Waals surface area contributed by atoms with Crippen LogP contribution in [0.15, 0.2) is 18.2 Å². The SMILES string of the molecule is O=CNc1cccc(NC=O)c1O. The largest absolute Gasteiger partial charge is 0.504 e. The van der Waals surface area contributed by atoms with Gasteiger partial charge >= 0.3 is 0 Å². The first-order valence-corrected chi connectivity index (χ1v) is 3.52. The molecule has 68 valence electrons. The quantitative estimate of drug-likeness (QED) is 0.467. The maximum absolute atomic E-state index is 10.1. The summed E-state index contributed by atoms with van der Waals surface area (Å²) in [4.78, 5) is 20.2. The molecule has 2 amide bonds. The zero-order valence-corrected chi connectivity index (χ0v) is 6.65. The van der Waals surface area contributed by atoms with Crippen molar-refractivity contribution in [1.82, 2.24) is 0 Å². The lowest BCUT2D eigenvalue weighted by Gasteiger charge is -2.06. The Morgan fingerprint density at radius 1 is 1.08 bits per heavy atom. The molecule has 1 aromatic rings. The molecule has 0 heterocycles. The third-order valence-electron chi connectivity index (χ3n) is 1.46. The van der Waals surface area contributed by atoms with Gasteiger partial charge in [-0.3, -0.25) is 9.59 Å². The normalized spacial score (nSPS) is 8.92. The van der Waals surface area contributed by atoms with Crippen LogP contribution in [0.1, 0.15) is 0 Å². The van der Waals surface area contributed by atoms with Crippen LogP contribution in [-0.2, 0) is 9.59 Å². The molecule has 0 unspecified atom stereocenters. The number of phenolic OH excluding ortho intramolecular Hbond substituents is 1. The Bertz CT molecular complexity index is 297. The van der Waals surface area contributed by atoms with Crippen LogP contribution in [0.4, 0.5) is 11.4 Å². The summed E-state index contributed by atoms with van der Waals surface area (Å²) in [5.74, 6) is -0.165. The van der Waals surface area contributed by atoms with E-state index in [1.54, 1.807) is 6.07 Å². The van der Waals surface area contributed by atoms with Gasteiger partial charge in [0.05, 0.1) is 11.4 Å². The molecule has 1 rings (SSSR count). The first kappa shape index (κ1) is 9.05. The molecule has 0 saturated carbocycles. The number of aromatic hydroxyl groups is 1. The van der Waals surface area contributed by atoms with E-state index in [9.17, 15) is 14.7 Å². The average molecular weight is 180 g/mol. The molecular formula is C8H8N2O3. The van der Waals surface area contributed by atoms with Crippen LogP contribution in [0.25, 0.3) is 0 Å². The molecule has 13 heavy (non-hydrogen) atoms. The number of rotatable bonds is 4. The average Bonchev–Trinajstić information content (AvgIpc) is 2.13. The summed E-state index contributed by atoms with van der Waals surface area (Å²) in [6.45, 7) is 0. The third kappa shape index (κ3) is 1.96. The Balaban J connectivity index is 3.02. The van der Waals surface area contributed by atoms with Gasteiger partial charge in [-0.2, -0.15) is 0 Å². The molecule has 0 aliphatic rings. The van der Waals surface area contributed by atoms with Crippen molar-refractivity contribution in [2.45, 2.75) is 0 Å². The van der Waals surface area contributed by atoms with E-state index < -0.39 is 0 Å². The molecule has 0 saturated heterocycles. The fraction of sp³-hybridized carbons (Fsp3) is 0. The van der Waals surface area contributed by atoms with Crippen molar-refractivity contribution in [2.24, 2.45) is 0 Å². The predicted molar refractivity (Wildman–Crippen MR) is 47.5 cm³/mol. The molecule has 3 N–H and O–H groups in total. The van der Waals surface area contributed by atoms with Crippen LogP contribution in [-0.4, -0.2) is 17.9 Å². The topological polar surface area (TPSA) is 78.4 Å². The Morgan fingerprint density at radius 2 is 1.54 bits per heavy atom. The van der Waals surface area contributed by atoms with Gasteiger partial charge in [0.1, 0.15) is 0 Å². The first-order valence-electron chi connectivity index (χ1n) is 3.52. The highest BCUT2D eigenvalue weighted by atomic mass is 16.3. The van der Waals surface area contributed by atoms with Gasteiger partial charge in [0.15, 0.2) is 5.75 Å². The molecular weight excluding hydrogens is 172 g/mol. The number of nitrogens with one attached hydrogen (secondary N) is 2. The predicted octanol–water partition coefficient (Wildman–Crippen LogP) is 0.529. The minimum Gasteiger partial charge on any atom is -0.504 e. The van der Waals surface area contributed by atoms with Crippen molar-refractivity contribution in [1.29, 1.82) is 0 Å². The van der Waals surface area contributed by atoms with Crippen LogP contribution in [0.3, 0.4) is 0 Å². The molecule has 0 bridgehead atoms. The van der Waals surface area contributed by atoms with Crippen molar-refractivity contribution in [2.75, 3.05) is 10.6 Å². The number of phenols is 1. The molecule has 0 spiro atoms. The number of benzene rings is 1. The molecule has 0 aliphatic heterocycles. The summed E-state index contributed by atoms with van der Waals surface area (Å²) in [7, 11) is 0. The number of carbonyl (C=O) groups is 2. The molecule has 0 radical (unpaired) electrons. The van der Waals surface area contributed by atoms with Gasteiger partial charge < -0.3 is 15.7 Å². The van der Waals surface area contributed by atoms with Crippen LogP contribution < -0.4 is 10.6 Å². The van der Waals surface area contributed by atoms with Crippen molar-refractivity contribution in [3.05, 3.63) is 18.2 Å². The monoisotopic (exact) mass is 180 g/mol. The maximum Gasteiger partial charge on any atom is 0.211 e. The van der Waals surface area contributed by atoms with E-state index in [0.717, 1.165) is 0 Å². The highest BCUT2D eigenvalue weighted by Gasteiger charge is 2.04. The van der Waals surface area contributed by atoms with E-state index in [-0.39, 0.29) is 17.1 Å². The van der Waals surface area contributed by atoms with Gasteiger partial charge in [0.2, 0.25) is 12.8 Å². The lowest BCUT2D eigenvalue weighted by Crippen LogP contribution is -1.98. The van der Waals surface area contributed by atoms with Crippen molar-refractivity contribution >= 4 is 24.2 Å². The van der Waals surface area contributed by atoms with Gasteiger partial charge in [0, 0.05) is 0 Å². The van der Waals surface area contributed by atoms with Crippen LogP contribution in [0.5, 0.6) is 5.75 Å². The number of hydrogen-bond acceptors (Lipinski definition) is 3. The Hall–Kier alpha value is -2.04. The second kappa shape index (κ2) is 4.10. The molecule has 0 atom stereocenters. The lowest BCUT2D eigenvalue weighted by molar-refractivity contribution is -0.106. The molecule has 0 aromatic heterocycles. The van der Waals surface area contributed by atoms with E-state index in [2.05, 4.69) is 10.6 Å². The summed E-state index contributed by atoms with van der Waals surface area (Å²) in [6, 6.07) is 4.62. The summed E-state index contributed by atoms with van der Waals surface area (Å²) in [5, 5.41) is 14.0. The van der Waals surface area contributed by atoms with E-state index in [0.29, 0.717) is 12.8 Å². The smallest absolute Gasteiger partial charge is 0.211 e. The van der Waals surface area contributed by atoms with Gasteiger partial charge in [-0.25, -0.2) is 0 Å². The highest BCUT2D eigenvalue weighted by Crippen LogP contribution is 2.30. The van der Waals surface area contributed by atoms with Crippen molar-refractivity contribution in [3.63, 3.8) is 0 Å². The summed E-state index contributed by atoms with van der Waals surface area (Å²) in [5.41, 5.74) is 0.503. The summed E-state index contributed by atoms with van der Waals surface area (Å²) >= 11 is 0. The van der Waals surface area contributed by atoms with Gasteiger partial charge in [-0.1, -0.05) is 6.07 Å². The Morgan fingerprint density at radius 3 is 1.92 bits per heavy atom. The van der Waals surface area contributed by atoms with E-state index in [1.165, 1.54) is 12.1 Å². The fourth-order valence-corrected chi connectivity index (χ4v) is 0.903. The zero-order valence-electron chi connectivity index (χ0n) is 6.65. The number of amides is 2. The van der Waals surface area contributed by atoms with E-state index in [4.69, 9.17) is 0 Å². The zero-order chi connectivity index (χ0) is 9.68. The standard InChI is InChI=1S/C8H8N2O3/c11-4-9-6-2-1-3-7(8(6)13)10-5-12/h1-5,13H,(H,9,11)(H,10,12). The Labute approximate surface area is 74.4 Å². The van der Waals surface area contributed by atoms with Gasteiger partial charge in [-0.05, 0) is 12.1 Å². The summed E-state index contributed by atoms with van der Waals surface area (Å²) < 4.78 is 0. The molecule has 1 aromatic carbocycles. The van der Waals surface area contributed by atoms with E-state index >= 15 is 0 Å². The van der Waals surface area contributed by atoms with Crippen LogP contribution in [0, 0.1) is 0 Å². The second-order valence-corrected chi connectivity index (χ2v) is 2.23. The van der Waals surface area contributed by atoms with Crippen molar-refractivity contribution < 1.29 is 14.7 Å². The second-order valence-electron chi connectivity index (χ2n) is 2.23. The van der Waals surface area contributed by atoms with Gasteiger partial charge in [-0.15, -0.1) is 0 Å². The lowest BCUT2D eigenvalue weighted by atomic mass is 10.2. The van der Waals surface area contributed by atoms with Gasteiger partial charge in [0.25, 0.3) is 0 Å². The first-order chi connectivity index (χ1) is 6.29. The molecule has 0 fully saturated rings. The maximum atomic E-state index is 10.1. The number of carbonyl (C=O) groups excluding carboxylic acids is 2. The Kier molecular flexibility index (Phi) is 2.86. The van der Waals surface area contributed by atoms with Crippen LogP contribution in [0.2, 0.25) is 0 Å². The minimum atomic E-state index is -0.165. The summed E-state index contributed by atoms with van der Waals surface area (Å²) in [6.07, 6.45) is 0.888. The number of para-hydroxylation sites is 1. The van der Waals surface area contributed by atoms with Crippen molar-refractivity contribution in [3.8, 4) is 5.75 Å². The fourth-order valence-electron chi connectivity index (χ4n) is 0.903. The molecule has 0 aliphatic carbocycles. The molecule has 5 nitrogen and oxygen atoms in total. The third-order valence-corrected chi connectivity index (χ3v) is 1.46. The minimum absolute atomic E-state index is 0.165. The number of hydrogen-bond donors (Lipinski definition) is 3. The molecule has 5 heteroatoms.